The summed E-state index contributed by atoms with van der Waals surface area (Å²) in [5.41, 5.74) is 0. The Hall–Kier alpha value is -1.22. The third kappa shape index (κ3) is 26.2. The summed E-state index contributed by atoms with van der Waals surface area (Å²) in [6.07, 6.45) is 22.2. The molecule has 0 aromatic carbocycles. The molecule has 342 valence electrons. The number of aliphatic hydroxyl groups is 7. The third-order valence-electron chi connectivity index (χ3n) is 11.1. The molecule has 8 unspecified atom stereocenters. The first-order valence-corrected chi connectivity index (χ1v) is 24.4. The molecule has 58 heavy (non-hydrogen) atoms. The largest absolute Gasteiger partial charge is 0.472 e. The number of allylic oxidation sites excluding steroid dienone is 4. The van der Waals surface area contributed by atoms with E-state index in [1.54, 1.807) is 0 Å². The molecule has 1 fully saturated rings. The molecule has 14 heteroatoms. The van der Waals surface area contributed by atoms with Gasteiger partial charge in [0, 0.05) is 0 Å². The molecule has 0 aromatic heterocycles. The molecule has 1 saturated carbocycles. The van der Waals surface area contributed by atoms with Crippen molar-refractivity contribution in [3.05, 3.63) is 24.3 Å². The van der Waals surface area contributed by atoms with Gasteiger partial charge in [-0.25, -0.2) is 4.57 Å². The van der Waals surface area contributed by atoms with Crippen LogP contribution in [0.1, 0.15) is 187 Å². The number of phosphoric ester groups is 1. The van der Waals surface area contributed by atoms with Gasteiger partial charge < -0.3 is 46.0 Å². The van der Waals surface area contributed by atoms with Gasteiger partial charge >= 0.3 is 7.82 Å². The number of carbonyl (C=O) groups excluding carboxylic acids is 1. The molecule has 0 bridgehead atoms. The van der Waals surface area contributed by atoms with Crippen molar-refractivity contribution in [2.24, 2.45) is 0 Å². The fourth-order valence-corrected chi connectivity index (χ4v) is 8.24. The highest BCUT2D eigenvalue weighted by atomic mass is 31.2. The van der Waals surface area contributed by atoms with Crippen molar-refractivity contribution in [3.63, 3.8) is 0 Å². The van der Waals surface area contributed by atoms with Crippen molar-refractivity contribution in [1.82, 2.24) is 5.32 Å². The van der Waals surface area contributed by atoms with Crippen LogP contribution in [-0.4, -0.2) is 108 Å². The molecule has 0 spiro atoms. The van der Waals surface area contributed by atoms with Crippen LogP contribution in [-0.2, 0) is 18.4 Å². The Bertz CT molecular complexity index is 1100. The van der Waals surface area contributed by atoms with E-state index in [9.17, 15) is 50.0 Å². The van der Waals surface area contributed by atoms with Gasteiger partial charge in [0.2, 0.25) is 5.91 Å². The zero-order chi connectivity index (χ0) is 43.0. The average molecular weight is 850 g/mol. The smallest absolute Gasteiger partial charge is 0.393 e. The molecule has 9 N–H and O–H groups in total. The van der Waals surface area contributed by atoms with Gasteiger partial charge in [-0.1, -0.05) is 160 Å². The van der Waals surface area contributed by atoms with Crippen LogP contribution in [0.5, 0.6) is 0 Å². The van der Waals surface area contributed by atoms with Gasteiger partial charge in [0.1, 0.15) is 36.6 Å². The lowest BCUT2D eigenvalue weighted by atomic mass is 9.85. The summed E-state index contributed by atoms with van der Waals surface area (Å²) in [5, 5.41) is 74.5. The number of rotatable bonds is 37. The van der Waals surface area contributed by atoms with Gasteiger partial charge in [0.15, 0.2) is 0 Å². The van der Waals surface area contributed by atoms with Crippen molar-refractivity contribution in [2.45, 2.75) is 242 Å². The first-order chi connectivity index (χ1) is 27.8. The summed E-state index contributed by atoms with van der Waals surface area (Å²) in [6.45, 7) is 3.74. The van der Waals surface area contributed by atoms with E-state index in [1.807, 2.05) is 0 Å². The molecule has 0 saturated heterocycles. The highest BCUT2D eigenvalue weighted by Gasteiger charge is 2.51. The lowest BCUT2D eigenvalue weighted by Gasteiger charge is -2.41. The molecular formula is C44H84NO12P. The second-order valence-electron chi connectivity index (χ2n) is 16.4. The van der Waals surface area contributed by atoms with E-state index in [-0.39, 0.29) is 12.8 Å². The number of nitrogens with one attached hydrogen (secondary N) is 1. The van der Waals surface area contributed by atoms with Gasteiger partial charge in [-0.15, -0.1) is 0 Å². The fourth-order valence-electron chi connectivity index (χ4n) is 7.27. The Morgan fingerprint density at radius 2 is 1.02 bits per heavy atom. The standard InChI is InChI=1S/C44H84NO12P/c1-3-5-7-9-11-13-15-17-18-20-21-23-25-27-29-31-35(46)33-38(48)45-36(37(47)32-30-28-26-24-22-19-16-14-12-10-8-6-4-2)34-56-58(54,55)57-44-42(52)40(50)39(49)41(51)43(44)53/h11,13,17-18,35-37,39-44,46-47,49-53H,3-10,12,14-16,19-34H2,1-2H3,(H,45,48)(H,54,55)/b13-11-,18-17-. The van der Waals surface area contributed by atoms with E-state index in [1.165, 1.54) is 70.6 Å². The maximum absolute atomic E-state index is 13.0. The first kappa shape index (κ1) is 54.8. The summed E-state index contributed by atoms with van der Waals surface area (Å²) in [5.74, 6) is -0.569. The van der Waals surface area contributed by atoms with Crippen LogP contribution in [0.15, 0.2) is 24.3 Å². The quantitative estimate of drug-likeness (QED) is 0.0172. The number of hydrogen-bond acceptors (Lipinski definition) is 11. The van der Waals surface area contributed by atoms with Crippen LogP contribution in [0.4, 0.5) is 0 Å². The van der Waals surface area contributed by atoms with E-state index in [2.05, 4.69) is 43.5 Å². The van der Waals surface area contributed by atoms with Crippen LogP contribution in [0, 0.1) is 0 Å². The summed E-state index contributed by atoms with van der Waals surface area (Å²) < 4.78 is 22.9. The van der Waals surface area contributed by atoms with E-state index in [0.29, 0.717) is 12.8 Å². The molecule has 13 nitrogen and oxygen atoms in total. The highest BCUT2D eigenvalue weighted by Crippen LogP contribution is 2.47. The minimum atomic E-state index is -5.12. The Labute approximate surface area is 350 Å². The zero-order valence-corrected chi connectivity index (χ0v) is 36.9. The number of amides is 1. The van der Waals surface area contributed by atoms with Gasteiger partial charge in [-0.3, -0.25) is 13.8 Å². The Morgan fingerprint density at radius 1 is 0.603 bits per heavy atom. The first-order valence-electron chi connectivity index (χ1n) is 22.9. The Morgan fingerprint density at radius 3 is 1.53 bits per heavy atom. The van der Waals surface area contributed by atoms with Crippen molar-refractivity contribution < 1.29 is 59.0 Å². The van der Waals surface area contributed by atoms with Gasteiger partial charge in [-0.05, 0) is 44.9 Å². The highest BCUT2D eigenvalue weighted by molar-refractivity contribution is 7.47. The van der Waals surface area contributed by atoms with Crippen molar-refractivity contribution in [3.8, 4) is 0 Å². The minimum Gasteiger partial charge on any atom is -0.393 e. The average Bonchev–Trinajstić information content (AvgIpc) is 3.19. The monoisotopic (exact) mass is 850 g/mol. The second kappa shape index (κ2) is 34.4. The summed E-state index contributed by atoms with van der Waals surface area (Å²) in [7, 11) is -5.12. The summed E-state index contributed by atoms with van der Waals surface area (Å²) >= 11 is 0. The van der Waals surface area contributed by atoms with Crippen LogP contribution in [0.25, 0.3) is 0 Å². The molecule has 8 atom stereocenters. The lowest BCUT2D eigenvalue weighted by molar-refractivity contribution is -0.220. The van der Waals surface area contributed by atoms with Gasteiger partial charge in [0.25, 0.3) is 0 Å². The summed E-state index contributed by atoms with van der Waals surface area (Å²) in [6, 6.07) is -1.16. The molecule has 1 aliphatic carbocycles. The zero-order valence-electron chi connectivity index (χ0n) is 36.0. The van der Waals surface area contributed by atoms with Gasteiger partial charge in [0.05, 0.1) is 31.3 Å². The van der Waals surface area contributed by atoms with Crippen molar-refractivity contribution in [1.29, 1.82) is 0 Å². The molecule has 1 aliphatic rings. The second-order valence-corrected chi connectivity index (χ2v) is 17.8. The predicted molar refractivity (Wildman–Crippen MR) is 229 cm³/mol. The SMILES string of the molecule is CCCCC/C=C\C/C=C\CCCCCCCC(O)CC(=O)NC(COP(=O)(O)OC1C(O)C(O)C(O)C(O)C1O)C(O)CCCCCCCCCCCCCCC. The van der Waals surface area contributed by atoms with Crippen molar-refractivity contribution in [2.75, 3.05) is 6.61 Å². The number of phosphoric acid groups is 1. The molecule has 0 aliphatic heterocycles. The number of hydrogen-bond donors (Lipinski definition) is 9. The van der Waals surface area contributed by atoms with E-state index >= 15 is 0 Å². The Balaban J connectivity index is 2.54. The van der Waals surface area contributed by atoms with Crippen LogP contribution in [0.2, 0.25) is 0 Å². The molecule has 1 rings (SSSR count). The normalized spacial score (nSPS) is 24.0. The van der Waals surface area contributed by atoms with Crippen LogP contribution in [0.3, 0.4) is 0 Å². The van der Waals surface area contributed by atoms with E-state index in [0.717, 1.165) is 77.0 Å². The maximum Gasteiger partial charge on any atom is 0.472 e. The van der Waals surface area contributed by atoms with Crippen molar-refractivity contribution >= 4 is 13.7 Å². The lowest BCUT2D eigenvalue weighted by Crippen LogP contribution is -2.64. The number of unbranched alkanes of at least 4 members (excludes halogenated alkanes) is 20. The van der Waals surface area contributed by atoms with Gasteiger partial charge in [-0.2, -0.15) is 0 Å². The van der Waals surface area contributed by atoms with Crippen LogP contribution >= 0.6 is 7.82 Å². The number of aliphatic hydroxyl groups excluding tert-OH is 7. The topological polar surface area (TPSA) is 226 Å². The molecule has 0 radical (unpaired) electrons. The predicted octanol–water partition coefficient (Wildman–Crippen LogP) is 7.20. The molecule has 0 heterocycles. The summed E-state index contributed by atoms with van der Waals surface area (Å²) in [4.78, 5) is 23.4. The molecule has 1 amide bonds. The molecule has 0 aromatic rings. The third-order valence-corrected chi connectivity index (χ3v) is 12.1. The van der Waals surface area contributed by atoms with E-state index in [4.69, 9.17) is 9.05 Å². The minimum absolute atomic E-state index is 0.231. The van der Waals surface area contributed by atoms with Crippen LogP contribution < -0.4 is 5.32 Å². The fraction of sp³-hybridized carbons (Fsp3) is 0.886. The number of carbonyl (C=O) groups is 1. The van der Waals surface area contributed by atoms with E-state index < -0.39 is 75.2 Å². The molecular weight excluding hydrogens is 765 g/mol. The maximum atomic E-state index is 13.0. The Kier molecular flexibility index (Phi) is 32.5.